The molecular weight excluding hydrogens is 457 g/mol. The molecule has 0 radical (unpaired) electrons. The molecule has 0 unspecified atom stereocenters. The minimum absolute atomic E-state index is 0. The van der Waals surface area contributed by atoms with Gasteiger partial charge in [-0.3, -0.25) is 0 Å². The first-order valence-corrected chi connectivity index (χ1v) is 8.05. The summed E-state index contributed by atoms with van der Waals surface area (Å²) in [7, 11) is 0. The lowest BCUT2D eigenvalue weighted by Crippen LogP contribution is -2.37. The molecule has 0 aliphatic rings. The van der Waals surface area contributed by atoms with Crippen molar-refractivity contribution < 1.29 is 13.5 Å². The van der Waals surface area contributed by atoms with E-state index in [0.717, 1.165) is 12.4 Å². The summed E-state index contributed by atoms with van der Waals surface area (Å²) in [5.41, 5.74) is 0.580. The van der Waals surface area contributed by atoms with Crippen LogP contribution in [-0.4, -0.2) is 33.9 Å². The Morgan fingerprint density at radius 2 is 2.04 bits per heavy atom. The normalized spacial score (nSPS) is 11.2. The number of hydrogen-bond acceptors (Lipinski definition) is 4. The Morgan fingerprint density at radius 1 is 1.27 bits per heavy atom. The smallest absolute Gasteiger partial charge is 0.387 e. The van der Waals surface area contributed by atoms with Crippen LogP contribution in [0.4, 0.5) is 8.78 Å². The van der Waals surface area contributed by atoms with Crippen LogP contribution in [0.2, 0.25) is 0 Å². The molecule has 2 aromatic rings. The van der Waals surface area contributed by atoms with E-state index in [4.69, 9.17) is 0 Å². The number of rotatable bonds is 8. The summed E-state index contributed by atoms with van der Waals surface area (Å²) in [6, 6.07) is 6.61. The van der Waals surface area contributed by atoms with Gasteiger partial charge in [-0.05, 0) is 19.9 Å². The van der Waals surface area contributed by atoms with Gasteiger partial charge in [0.25, 0.3) is 0 Å². The van der Waals surface area contributed by atoms with E-state index in [1.54, 1.807) is 24.5 Å². The quantitative estimate of drug-likeness (QED) is 0.346. The van der Waals surface area contributed by atoms with Gasteiger partial charge >= 0.3 is 6.61 Å². The summed E-state index contributed by atoms with van der Waals surface area (Å²) in [6.45, 7) is 3.19. The molecule has 7 nitrogen and oxygen atoms in total. The molecule has 26 heavy (non-hydrogen) atoms. The molecule has 1 heterocycles. The SMILES string of the molecule is CCNC(=NCc1ccccc1OC(F)F)NCc1nncn1CC.I. The van der Waals surface area contributed by atoms with Crippen molar-refractivity contribution in [3.05, 3.63) is 42.0 Å². The highest BCUT2D eigenvalue weighted by Crippen LogP contribution is 2.20. The highest BCUT2D eigenvalue weighted by atomic mass is 127. The summed E-state index contributed by atoms with van der Waals surface area (Å²) in [4.78, 5) is 4.42. The van der Waals surface area contributed by atoms with Gasteiger partial charge in [-0.1, -0.05) is 18.2 Å². The third-order valence-electron chi connectivity index (χ3n) is 3.39. The number of hydrogen-bond donors (Lipinski definition) is 2. The Bertz CT molecular complexity index is 695. The molecule has 10 heteroatoms. The van der Waals surface area contributed by atoms with Crippen LogP contribution in [-0.2, 0) is 19.6 Å². The van der Waals surface area contributed by atoms with Gasteiger partial charge in [0.15, 0.2) is 11.8 Å². The minimum atomic E-state index is -2.86. The van der Waals surface area contributed by atoms with Crippen LogP contribution < -0.4 is 15.4 Å². The van der Waals surface area contributed by atoms with E-state index in [9.17, 15) is 8.78 Å². The molecule has 1 aromatic heterocycles. The van der Waals surface area contributed by atoms with Crippen LogP contribution in [0, 0.1) is 0 Å². The standard InChI is InChI=1S/C16H22F2N6O.HI/c1-3-19-16(21-10-14-23-22-11-24(14)4-2)20-9-12-7-5-6-8-13(12)25-15(17)18;/h5-8,11,15H,3-4,9-10H2,1-2H3,(H2,19,20,21);1H. The van der Waals surface area contributed by atoms with Crippen LogP contribution in [0.15, 0.2) is 35.6 Å². The lowest BCUT2D eigenvalue weighted by atomic mass is 10.2. The number of halogens is 3. The molecule has 0 saturated heterocycles. The number of ether oxygens (including phenoxy) is 1. The van der Waals surface area contributed by atoms with Gasteiger partial charge in [0.1, 0.15) is 12.1 Å². The van der Waals surface area contributed by atoms with E-state index < -0.39 is 6.61 Å². The summed E-state index contributed by atoms with van der Waals surface area (Å²) < 4.78 is 31.4. The predicted molar refractivity (Wildman–Crippen MR) is 106 cm³/mol. The maximum atomic E-state index is 12.5. The van der Waals surface area contributed by atoms with Crippen molar-refractivity contribution in [3.63, 3.8) is 0 Å². The lowest BCUT2D eigenvalue weighted by Gasteiger charge is -2.12. The Morgan fingerprint density at radius 3 is 2.73 bits per heavy atom. The zero-order valence-corrected chi connectivity index (χ0v) is 17.0. The van der Waals surface area contributed by atoms with Gasteiger partial charge in [-0.2, -0.15) is 8.78 Å². The maximum absolute atomic E-state index is 12.5. The van der Waals surface area contributed by atoms with Crippen LogP contribution in [0.5, 0.6) is 5.75 Å². The lowest BCUT2D eigenvalue weighted by molar-refractivity contribution is -0.0504. The van der Waals surface area contributed by atoms with Crippen LogP contribution >= 0.6 is 24.0 Å². The molecule has 0 amide bonds. The highest BCUT2D eigenvalue weighted by Gasteiger charge is 2.09. The molecule has 0 aliphatic heterocycles. The molecule has 0 fully saturated rings. The summed E-state index contributed by atoms with van der Waals surface area (Å²) >= 11 is 0. The second-order valence-corrected chi connectivity index (χ2v) is 5.07. The van der Waals surface area contributed by atoms with Crippen LogP contribution in [0.3, 0.4) is 0 Å². The largest absolute Gasteiger partial charge is 0.434 e. The molecule has 0 bridgehead atoms. The zero-order chi connectivity index (χ0) is 18.1. The van der Waals surface area contributed by atoms with Crippen LogP contribution in [0.25, 0.3) is 0 Å². The Labute approximate surface area is 168 Å². The number of guanidine groups is 1. The molecule has 2 N–H and O–H groups in total. The number of benzene rings is 1. The average molecular weight is 480 g/mol. The van der Waals surface area contributed by atoms with Crippen LogP contribution in [0.1, 0.15) is 25.2 Å². The Kier molecular flexibility index (Phi) is 9.84. The number of nitrogens with zero attached hydrogens (tertiary/aromatic N) is 4. The zero-order valence-electron chi connectivity index (χ0n) is 14.7. The molecule has 0 atom stereocenters. The fraction of sp³-hybridized carbons (Fsp3) is 0.438. The van der Waals surface area contributed by atoms with Gasteiger partial charge in [0.2, 0.25) is 0 Å². The van der Waals surface area contributed by atoms with E-state index in [2.05, 4.69) is 30.6 Å². The van der Waals surface area contributed by atoms with E-state index in [-0.39, 0.29) is 36.3 Å². The van der Waals surface area contributed by atoms with E-state index in [1.165, 1.54) is 6.07 Å². The second kappa shape index (κ2) is 11.6. The summed E-state index contributed by atoms with van der Waals surface area (Å²) in [5.74, 6) is 1.47. The van der Waals surface area contributed by atoms with Gasteiger partial charge in [0, 0.05) is 18.7 Å². The summed E-state index contributed by atoms with van der Waals surface area (Å²) in [5, 5.41) is 14.2. The fourth-order valence-corrected chi connectivity index (χ4v) is 2.19. The first-order valence-electron chi connectivity index (χ1n) is 8.05. The van der Waals surface area contributed by atoms with Crippen molar-refractivity contribution >= 4 is 29.9 Å². The first-order chi connectivity index (χ1) is 12.1. The van der Waals surface area contributed by atoms with E-state index >= 15 is 0 Å². The van der Waals surface area contributed by atoms with E-state index in [1.807, 2.05) is 18.4 Å². The monoisotopic (exact) mass is 480 g/mol. The Hall–Kier alpha value is -1.98. The van der Waals surface area contributed by atoms with Crippen molar-refractivity contribution in [2.45, 2.75) is 40.1 Å². The first kappa shape index (κ1) is 22.1. The number of aliphatic imine (C=N–C) groups is 1. The van der Waals surface area contributed by atoms with Crippen molar-refractivity contribution in [1.82, 2.24) is 25.4 Å². The number of para-hydroxylation sites is 1. The van der Waals surface area contributed by atoms with Crippen molar-refractivity contribution in [2.24, 2.45) is 4.99 Å². The third-order valence-corrected chi connectivity index (χ3v) is 3.39. The van der Waals surface area contributed by atoms with Crippen molar-refractivity contribution in [3.8, 4) is 5.75 Å². The van der Waals surface area contributed by atoms with Crippen molar-refractivity contribution in [2.75, 3.05) is 6.54 Å². The molecule has 0 saturated carbocycles. The minimum Gasteiger partial charge on any atom is -0.434 e. The topological polar surface area (TPSA) is 76.4 Å². The predicted octanol–water partition coefficient (Wildman–Crippen LogP) is 2.77. The molecular formula is C16H23F2IN6O. The summed E-state index contributed by atoms with van der Waals surface area (Å²) in [6.07, 6.45) is 1.67. The highest BCUT2D eigenvalue weighted by molar-refractivity contribution is 14.0. The number of aromatic nitrogens is 3. The average Bonchev–Trinajstić information content (AvgIpc) is 3.05. The molecule has 144 valence electrons. The third kappa shape index (κ3) is 6.73. The maximum Gasteiger partial charge on any atom is 0.387 e. The van der Waals surface area contributed by atoms with Gasteiger partial charge in [0.05, 0.1) is 13.1 Å². The Balaban J connectivity index is 0.00000338. The number of alkyl halides is 2. The fourth-order valence-electron chi connectivity index (χ4n) is 2.19. The molecule has 1 aromatic carbocycles. The molecule has 0 spiro atoms. The van der Waals surface area contributed by atoms with Gasteiger partial charge < -0.3 is 19.9 Å². The number of aryl methyl sites for hydroxylation is 1. The van der Waals surface area contributed by atoms with Crippen molar-refractivity contribution in [1.29, 1.82) is 0 Å². The molecule has 0 aliphatic carbocycles. The van der Waals surface area contributed by atoms with Gasteiger partial charge in [-0.25, -0.2) is 4.99 Å². The van der Waals surface area contributed by atoms with Gasteiger partial charge in [-0.15, -0.1) is 34.2 Å². The number of nitrogens with one attached hydrogen (secondary N) is 2. The molecule has 2 rings (SSSR count). The van der Waals surface area contributed by atoms with E-state index in [0.29, 0.717) is 24.6 Å². The second-order valence-electron chi connectivity index (χ2n) is 5.07.